The van der Waals surface area contributed by atoms with Gasteiger partial charge in [0.25, 0.3) is 0 Å². The van der Waals surface area contributed by atoms with Crippen molar-refractivity contribution in [2.24, 2.45) is 11.8 Å². The Kier molecular flexibility index (Phi) is 2.38. The summed E-state index contributed by atoms with van der Waals surface area (Å²) in [5.74, 6) is 1.65. The molecule has 0 aromatic carbocycles. The zero-order valence-corrected chi connectivity index (χ0v) is 7.43. The maximum atomic E-state index is 3.83. The molecule has 0 amide bonds. The molecule has 0 radical (unpaired) electrons. The first-order valence-corrected chi connectivity index (χ1v) is 4.23. The molecule has 0 spiro atoms. The van der Waals surface area contributed by atoms with Gasteiger partial charge in [0, 0.05) is 11.7 Å². The topological polar surface area (TPSA) is 12.0 Å². The number of hydrogen-bond donors (Lipinski definition) is 1. The van der Waals surface area contributed by atoms with Crippen molar-refractivity contribution >= 4 is 0 Å². The van der Waals surface area contributed by atoms with Gasteiger partial charge in [-0.1, -0.05) is 27.0 Å². The van der Waals surface area contributed by atoms with E-state index < -0.39 is 0 Å². The van der Waals surface area contributed by atoms with E-state index in [9.17, 15) is 0 Å². The molecule has 3 unspecified atom stereocenters. The Balaban J connectivity index is 2.30. The summed E-state index contributed by atoms with van der Waals surface area (Å²) in [6.45, 7) is 12.1. The zero-order valence-electron chi connectivity index (χ0n) is 7.43. The van der Waals surface area contributed by atoms with Crippen LogP contribution in [0.5, 0.6) is 0 Å². The summed E-state index contributed by atoms with van der Waals surface area (Å²) in [7, 11) is 0. The third kappa shape index (κ3) is 1.65. The van der Waals surface area contributed by atoms with E-state index in [1.165, 1.54) is 6.42 Å². The average Bonchev–Trinajstić information content (AvgIpc) is 2.03. The molecule has 1 aliphatic rings. The Hall–Kier alpha value is -0.720. The quantitative estimate of drug-likeness (QED) is 0.610. The predicted molar refractivity (Wildman–Crippen MR) is 49.2 cm³/mol. The smallest absolute Gasteiger partial charge is 0.0291 e. The fourth-order valence-electron chi connectivity index (χ4n) is 1.52. The van der Waals surface area contributed by atoms with Crippen molar-refractivity contribution in [1.29, 1.82) is 0 Å². The van der Waals surface area contributed by atoms with Crippen LogP contribution in [0.2, 0.25) is 0 Å². The lowest BCUT2D eigenvalue weighted by molar-refractivity contribution is 0.148. The van der Waals surface area contributed by atoms with E-state index in [4.69, 9.17) is 0 Å². The van der Waals surface area contributed by atoms with Crippen molar-refractivity contribution < 1.29 is 0 Å². The largest absolute Gasteiger partial charge is 0.383 e. The van der Waals surface area contributed by atoms with Crippen LogP contribution >= 0.6 is 0 Å². The van der Waals surface area contributed by atoms with Gasteiger partial charge in [-0.15, -0.1) is 0 Å². The molecule has 0 aromatic rings. The Bertz CT molecular complexity index is 172. The molecule has 0 heterocycles. The van der Waals surface area contributed by atoms with Crippen molar-refractivity contribution in [2.75, 3.05) is 0 Å². The Morgan fingerprint density at radius 1 is 1.55 bits per heavy atom. The van der Waals surface area contributed by atoms with Gasteiger partial charge in [-0.05, 0) is 24.3 Å². The Morgan fingerprint density at radius 3 is 2.55 bits per heavy atom. The van der Waals surface area contributed by atoms with Gasteiger partial charge in [-0.2, -0.15) is 0 Å². The second-order valence-electron chi connectivity index (χ2n) is 3.55. The third-order valence-electron chi connectivity index (χ3n) is 2.78. The first-order valence-electron chi connectivity index (χ1n) is 4.23. The van der Waals surface area contributed by atoms with Gasteiger partial charge < -0.3 is 5.32 Å². The number of allylic oxidation sites excluding steroid dienone is 1. The van der Waals surface area contributed by atoms with E-state index >= 15 is 0 Å². The molecule has 62 valence electrons. The minimum Gasteiger partial charge on any atom is -0.383 e. The molecule has 1 N–H and O–H groups in total. The molecule has 1 fully saturated rings. The highest BCUT2D eigenvalue weighted by Crippen LogP contribution is 2.33. The molecule has 0 saturated heterocycles. The number of nitrogens with one attached hydrogen (secondary N) is 1. The minimum absolute atomic E-state index is 0.635. The lowest BCUT2D eigenvalue weighted by atomic mass is 9.71. The molecule has 1 heteroatoms. The monoisotopic (exact) mass is 151 g/mol. The summed E-state index contributed by atoms with van der Waals surface area (Å²) in [5.41, 5.74) is 0.953. The molecule has 0 aliphatic heterocycles. The van der Waals surface area contributed by atoms with Crippen LogP contribution in [-0.4, -0.2) is 6.04 Å². The minimum atomic E-state index is 0.635. The second kappa shape index (κ2) is 3.12. The van der Waals surface area contributed by atoms with Gasteiger partial charge in [-0.3, -0.25) is 0 Å². The summed E-state index contributed by atoms with van der Waals surface area (Å²) >= 11 is 0. The number of rotatable bonds is 3. The van der Waals surface area contributed by atoms with Gasteiger partial charge in [0.2, 0.25) is 0 Å². The molecule has 1 nitrogen and oxygen atoms in total. The Labute approximate surface area is 69.2 Å². The van der Waals surface area contributed by atoms with E-state index in [-0.39, 0.29) is 0 Å². The highest BCUT2D eigenvalue weighted by molar-refractivity contribution is 5.11. The summed E-state index contributed by atoms with van der Waals surface area (Å²) < 4.78 is 0. The number of hydrogen-bond acceptors (Lipinski definition) is 1. The molecule has 1 saturated carbocycles. The van der Waals surface area contributed by atoms with Crippen LogP contribution in [0.1, 0.15) is 20.3 Å². The van der Waals surface area contributed by atoms with E-state index in [1.54, 1.807) is 6.08 Å². The van der Waals surface area contributed by atoms with Crippen LogP contribution in [0.15, 0.2) is 24.9 Å². The predicted octanol–water partition coefficient (Wildman–Crippen LogP) is 2.32. The molecule has 3 atom stereocenters. The van der Waals surface area contributed by atoms with Crippen molar-refractivity contribution in [3.8, 4) is 0 Å². The van der Waals surface area contributed by atoms with Gasteiger partial charge >= 0.3 is 0 Å². The molecule has 0 aromatic heterocycles. The van der Waals surface area contributed by atoms with Crippen molar-refractivity contribution in [3.63, 3.8) is 0 Å². The Morgan fingerprint density at radius 2 is 2.18 bits per heavy atom. The second-order valence-corrected chi connectivity index (χ2v) is 3.55. The van der Waals surface area contributed by atoms with Crippen LogP contribution in [0.3, 0.4) is 0 Å². The van der Waals surface area contributed by atoms with Gasteiger partial charge in [0.15, 0.2) is 0 Å². The summed E-state index contributed by atoms with van der Waals surface area (Å²) in [6, 6.07) is 0.635. The molecule has 0 bridgehead atoms. The summed E-state index contributed by atoms with van der Waals surface area (Å²) in [6.07, 6.45) is 3.05. The first kappa shape index (κ1) is 8.38. The van der Waals surface area contributed by atoms with Gasteiger partial charge in [-0.25, -0.2) is 0 Å². The normalized spacial score (nSPS) is 35.6. The fourth-order valence-corrected chi connectivity index (χ4v) is 1.52. The average molecular weight is 151 g/mol. The van der Waals surface area contributed by atoms with E-state index in [0.717, 1.165) is 17.5 Å². The standard InChI is InChI=1S/C10H17N/c1-5-8(3)11-10-6-7(2)9(10)4/h5,7,9-11H,1,3,6H2,2,4H3. The molecule has 1 aliphatic carbocycles. The summed E-state index contributed by atoms with van der Waals surface area (Å²) in [4.78, 5) is 0. The van der Waals surface area contributed by atoms with Crippen molar-refractivity contribution in [3.05, 3.63) is 24.9 Å². The van der Waals surface area contributed by atoms with Crippen molar-refractivity contribution in [1.82, 2.24) is 5.32 Å². The van der Waals surface area contributed by atoms with Crippen LogP contribution < -0.4 is 5.32 Å². The van der Waals surface area contributed by atoms with Gasteiger partial charge in [0.1, 0.15) is 0 Å². The van der Waals surface area contributed by atoms with Gasteiger partial charge in [0.05, 0.1) is 0 Å². The highest BCUT2D eigenvalue weighted by Gasteiger charge is 2.33. The van der Waals surface area contributed by atoms with Crippen LogP contribution in [0.25, 0.3) is 0 Å². The third-order valence-corrected chi connectivity index (χ3v) is 2.78. The lowest BCUT2D eigenvalue weighted by Crippen LogP contribution is -2.47. The maximum absolute atomic E-state index is 3.83. The van der Waals surface area contributed by atoms with E-state index in [2.05, 4.69) is 32.3 Å². The molecular weight excluding hydrogens is 134 g/mol. The fraction of sp³-hybridized carbons (Fsp3) is 0.600. The maximum Gasteiger partial charge on any atom is 0.0291 e. The molecule has 1 rings (SSSR count). The van der Waals surface area contributed by atoms with E-state index in [1.807, 2.05) is 0 Å². The SMILES string of the molecule is C=CC(=C)NC1CC(C)C1C. The highest BCUT2D eigenvalue weighted by atomic mass is 14.9. The van der Waals surface area contributed by atoms with Crippen LogP contribution in [0, 0.1) is 11.8 Å². The van der Waals surface area contributed by atoms with Crippen LogP contribution in [0.4, 0.5) is 0 Å². The van der Waals surface area contributed by atoms with Crippen molar-refractivity contribution in [2.45, 2.75) is 26.3 Å². The van der Waals surface area contributed by atoms with E-state index in [0.29, 0.717) is 6.04 Å². The molecular formula is C10H17N. The lowest BCUT2D eigenvalue weighted by Gasteiger charge is -2.41. The first-order chi connectivity index (χ1) is 5.15. The zero-order chi connectivity index (χ0) is 8.43. The van der Waals surface area contributed by atoms with Crippen LogP contribution in [-0.2, 0) is 0 Å². The molecule has 11 heavy (non-hydrogen) atoms. The summed E-state index contributed by atoms with van der Waals surface area (Å²) in [5, 5.41) is 3.33.